The Kier molecular flexibility index (Phi) is 2.50. The van der Waals surface area contributed by atoms with Gasteiger partial charge in [-0.15, -0.1) is 0 Å². The topological polar surface area (TPSA) is 97.7 Å². The van der Waals surface area contributed by atoms with Gasteiger partial charge in [-0.25, -0.2) is 0 Å². The first-order valence-electron chi connectivity index (χ1n) is 3.30. The number of hydrogen-bond acceptors (Lipinski definition) is 5. The summed E-state index contributed by atoms with van der Waals surface area (Å²) in [7, 11) is -8.30. The highest BCUT2D eigenvalue weighted by atomic mass is 32.2. The van der Waals surface area contributed by atoms with Gasteiger partial charge in [0.25, 0.3) is 20.2 Å². The fourth-order valence-corrected chi connectivity index (χ4v) is 3.36. The summed E-state index contributed by atoms with van der Waals surface area (Å²) in [5.74, 6) is -0.809. The fraction of sp³-hybridized carbons (Fsp3) is 0.600. The third-order valence-corrected chi connectivity index (χ3v) is 3.76. The molecular formula is C5H8O6S2. The average Bonchev–Trinajstić information content (AvgIpc) is 1.79. The molecule has 1 aliphatic rings. The third-order valence-electron chi connectivity index (χ3n) is 1.37. The van der Waals surface area contributed by atoms with Crippen molar-refractivity contribution in [2.24, 2.45) is 0 Å². The van der Waals surface area contributed by atoms with Crippen LogP contribution in [-0.2, 0) is 24.4 Å². The summed E-state index contributed by atoms with van der Waals surface area (Å²) in [5, 5.41) is 0. The minimum absolute atomic E-state index is 0.536. The van der Waals surface area contributed by atoms with Crippen LogP contribution in [0.5, 0.6) is 0 Å². The lowest BCUT2D eigenvalue weighted by Crippen LogP contribution is -2.26. The lowest BCUT2D eigenvalue weighted by molar-refractivity contribution is 0.270. The molecule has 0 saturated carbocycles. The molecule has 1 rings (SSSR count). The minimum atomic E-state index is -4.43. The molecule has 6 nitrogen and oxygen atoms in total. The molecule has 0 aromatic rings. The maximum absolute atomic E-state index is 10.9. The van der Waals surface area contributed by atoms with Crippen LogP contribution in [0.1, 0.15) is 6.92 Å². The molecule has 1 N–H and O–H groups in total. The largest absolute Gasteiger partial charge is 0.291 e. The van der Waals surface area contributed by atoms with Crippen molar-refractivity contribution in [3.05, 3.63) is 11.0 Å². The van der Waals surface area contributed by atoms with Crippen molar-refractivity contribution in [3.8, 4) is 0 Å². The van der Waals surface area contributed by atoms with Gasteiger partial charge < -0.3 is 0 Å². The third kappa shape index (κ3) is 2.76. The predicted octanol–water partition coefficient (Wildman–Crippen LogP) is -0.493. The van der Waals surface area contributed by atoms with Gasteiger partial charge in [0.1, 0.15) is 5.75 Å². The Hall–Kier alpha value is -0.440. The van der Waals surface area contributed by atoms with Crippen LogP contribution in [0.25, 0.3) is 0 Å². The van der Waals surface area contributed by atoms with E-state index in [1.807, 2.05) is 0 Å². The van der Waals surface area contributed by atoms with E-state index in [1.54, 1.807) is 0 Å². The highest BCUT2D eigenvalue weighted by molar-refractivity contribution is 7.93. The molecule has 0 aromatic carbocycles. The molecule has 1 aliphatic heterocycles. The molecule has 1 unspecified atom stereocenters. The Morgan fingerprint density at radius 2 is 2.15 bits per heavy atom. The zero-order valence-corrected chi connectivity index (χ0v) is 8.30. The Bertz CT molecular complexity index is 428. The molecule has 76 valence electrons. The van der Waals surface area contributed by atoms with E-state index in [4.69, 9.17) is 4.55 Å². The summed E-state index contributed by atoms with van der Waals surface area (Å²) in [4.78, 5) is -0.536. The number of hydrogen-bond donors (Lipinski definition) is 1. The van der Waals surface area contributed by atoms with Gasteiger partial charge in [-0.05, 0) is 13.0 Å². The fourth-order valence-electron chi connectivity index (χ4n) is 0.938. The molecule has 0 saturated heterocycles. The van der Waals surface area contributed by atoms with Gasteiger partial charge in [-0.3, -0.25) is 8.74 Å². The van der Waals surface area contributed by atoms with Gasteiger partial charge in [0.05, 0.1) is 11.0 Å². The molecule has 0 radical (unpaired) electrons. The Labute approximate surface area is 76.1 Å². The summed E-state index contributed by atoms with van der Waals surface area (Å²) in [6, 6.07) is 0. The molecule has 0 fully saturated rings. The lowest BCUT2D eigenvalue weighted by atomic mass is 10.4. The van der Waals surface area contributed by atoms with Crippen LogP contribution >= 0.6 is 0 Å². The Balaban J connectivity index is 3.16. The first kappa shape index (κ1) is 10.6. The second-order valence-electron chi connectivity index (χ2n) is 2.61. The molecule has 0 aliphatic carbocycles. The van der Waals surface area contributed by atoms with E-state index < -0.39 is 37.0 Å². The van der Waals surface area contributed by atoms with Crippen molar-refractivity contribution in [3.63, 3.8) is 0 Å². The molecule has 0 bridgehead atoms. The van der Waals surface area contributed by atoms with Crippen LogP contribution in [0, 0.1) is 0 Å². The van der Waals surface area contributed by atoms with Crippen LogP contribution in [0.3, 0.4) is 0 Å². The molecule has 0 amide bonds. The zero-order valence-electron chi connectivity index (χ0n) is 6.67. The Morgan fingerprint density at radius 3 is 2.54 bits per heavy atom. The van der Waals surface area contributed by atoms with Crippen molar-refractivity contribution in [1.82, 2.24) is 0 Å². The van der Waals surface area contributed by atoms with Crippen molar-refractivity contribution >= 4 is 20.2 Å². The normalized spacial score (nSPS) is 28.2. The molecule has 8 heteroatoms. The molecule has 1 heterocycles. The summed E-state index contributed by atoms with van der Waals surface area (Å²) >= 11 is 0. The summed E-state index contributed by atoms with van der Waals surface area (Å²) in [5.41, 5.74) is 0. The van der Waals surface area contributed by atoms with Crippen molar-refractivity contribution in [1.29, 1.82) is 0 Å². The van der Waals surface area contributed by atoms with Crippen molar-refractivity contribution < 1.29 is 25.6 Å². The van der Waals surface area contributed by atoms with Gasteiger partial charge in [0.2, 0.25) is 0 Å². The summed E-state index contributed by atoms with van der Waals surface area (Å²) in [6.07, 6.45) is 0.187. The van der Waals surface area contributed by atoms with Crippen LogP contribution in [-0.4, -0.2) is 33.2 Å². The standard InChI is InChI=1S/C5H8O6S2/c1-4-2-5(13(8,9)10)3-12(6,7)11-4/h2,4H,3H2,1H3,(H,8,9,10). The monoisotopic (exact) mass is 228 g/mol. The van der Waals surface area contributed by atoms with Crippen LogP contribution in [0.4, 0.5) is 0 Å². The van der Waals surface area contributed by atoms with Crippen LogP contribution in [0.15, 0.2) is 11.0 Å². The van der Waals surface area contributed by atoms with Crippen LogP contribution in [0.2, 0.25) is 0 Å². The highest BCUT2D eigenvalue weighted by Gasteiger charge is 2.29. The van der Waals surface area contributed by atoms with E-state index in [2.05, 4.69) is 4.18 Å². The second-order valence-corrected chi connectivity index (χ2v) is 5.68. The molecule has 1 atom stereocenters. The second kappa shape index (κ2) is 3.05. The van der Waals surface area contributed by atoms with Crippen molar-refractivity contribution in [2.75, 3.05) is 5.75 Å². The quantitative estimate of drug-likeness (QED) is 0.480. The van der Waals surface area contributed by atoms with Gasteiger partial charge in [0, 0.05) is 0 Å². The van der Waals surface area contributed by atoms with E-state index in [9.17, 15) is 16.8 Å². The van der Waals surface area contributed by atoms with E-state index in [0.717, 1.165) is 6.08 Å². The zero-order chi connectivity index (χ0) is 10.3. The molecule has 0 aromatic heterocycles. The minimum Gasteiger partial charge on any atom is -0.282 e. The summed E-state index contributed by atoms with van der Waals surface area (Å²) in [6.45, 7) is 1.36. The number of rotatable bonds is 1. The van der Waals surface area contributed by atoms with E-state index in [-0.39, 0.29) is 0 Å². The van der Waals surface area contributed by atoms with E-state index in [1.165, 1.54) is 6.92 Å². The van der Waals surface area contributed by atoms with Gasteiger partial charge in [-0.1, -0.05) is 0 Å². The Morgan fingerprint density at radius 1 is 1.62 bits per heavy atom. The maximum Gasteiger partial charge on any atom is 0.291 e. The van der Waals surface area contributed by atoms with Gasteiger partial charge >= 0.3 is 0 Å². The van der Waals surface area contributed by atoms with Crippen molar-refractivity contribution in [2.45, 2.75) is 13.0 Å². The van der Waals surface area contributed by atoms with Gasteiger partial charge in [0.15, 0.2) is 0 Å². The first-order chi connectivity index (χ1) is 5.71. The summed E-state index contributed by atoms with van der Waals surface area (Å²) < 4.78 is 55.9. The lowest BCUT2D eigenvalue weighted by Gasteiger charge is -2.16. The smallest absolute Gasteiger partial charge is 0.282 e. The highest BCUT2D eigenvalue weighted by Crippen LogP contribution is 2.18. The molecule has 0 spiro atoms. The SMILES string of the molecule is CC1C=C(S(=O)(=O)O)CS(=O)(=O)O1. The average molecular weight is 228 g/mol. The first-order valence-corrected chi connectivity index (χ1v) is 6.31. The maximum atomic E-state index is 10.9. The van der Waals surface area contributed by atoms with E-state index in [0.29, 0.717) is 0 Å². The van der Waals surface area contributed by atoms with Gasteiger partial charge in [-0.2, -0.15) is 16.8 Å². The molecule has 13 heavy (non-hydrogen) atoms. The predicted molar refractivity (Wildman–Crippen MR) is 44.0 cm³/mol. The van der Waals surface area contributed by atoms with Crippen LogP contribution < -0.4 is 0 Å². The molecular weight excluding hydrogens is 220 g/mol. The van der Waals surface area contributed by atoms with E-state index >= 15 is 0 Å².